The Hall–Kier alpha value is -1.10. The van der Waals surface area contributed by atoms with Gasteiger partial charge in [-0.2, -0.15) is 0 Å². The van der Waals surface area contributed by atoms with Gasteiger partial charge in [0.1, 0.15) is 0 Å². The van der Waals surface area contributed by atoms with Gasteiger partial charge in [0.15, 0.2) is 0 Å². The van der Waals surface area contributed by atoms with Crippen LogP contribution in [-0.4, -0.2) is 49.4 Å². The molecule has 1 saturated carbocycles. The average Bonchev–Trinajstić information content (AvgIpc) is 3.15. The highest BCUT2D eigenvalue weighted by Crippen LogP contribution is 2.28. The molecule has 0 spiro atoms. The van der Waals surface area contributed by atoms with Crippen LogP contribution in [0, 0.1) is 5.92 Å². The molecule has 2 rings (SSSR count). The summed E-state index contributed by atoms with van der Waals surface area (Å²) in [5.74, 6) is 0.661. The summed E-state index contributed by atoms with van der Waals surface area (Å²) >= 11 is 0. The highest BCUT2D eigenvalue weighted by molar-refractivity contribution is 5.81. The maximum absolute atomic E-state index is 12.1. The molecule has 0 aromatic carbocycles. The van der Waals surface area contributed by atoms with E-state index in [2.05, 4.69) is 10.6 Å². The molecule has 5 nitrogen and oxygen atoms in total. The van der Waals surface area contributed by atoms with E-state index in [-0.39, 0.29) is 17.7 Å². The van der Waals surface area contributed by atoms with Crippen LogP contribution in [0.3, 0.4) is 0 Å². The molecule has 2 fully saturated rings. The summed E-state index contributed by atoms with van der Waals surface area (Å²) in [5.41, 5.74) is 0. The van der Waals surface area contributed by atoms with E-state index in [0.29, 0.717) is 19.0 Å². The van der Waals surface area contributed by atoms with E-state index in [1.165, 1.54) is 0 Å². The minimum absolute atomic E-state index is 0.168. The van der Waals surface area contributed by atoms with Gasteiger partial charge >= 0.3 is 0 Å². The molecule has 1 atom stereocenters. The first-order valence-corrected chi connectivity index (χ1v) is 7.44. The summed E-state index contributed by atoms with van der Waals surface area (Å²) in [5, 5.41) is 6.05. The van der Waals surface area contributed by atoms with Crippen molar-refractivity contribution in [3.63, 3.8) is 0 Å². The number of hydrogen-bond donors (Lipinski definition) is 2. The number of carbonyl (C=O) groups excluding carboxylic acids is 2. The lowest BCUT2D eigenvalue weighted by Crippen LogP contribution is -2.41. The number of nitrogens with one attached hydrogen (secondary N) is 2. The number of nitrogens with zero attached hydrogens (tertiary/aromatic N) is 1. The second kappa shape index (κ2) is 6.89. The van der Waals surface area contributed by atoms with Crippen LogP contribution in [0.15, 0.2) is 0 Å². The van der Waals surface area contributed by atoms with Crippen LogP contribution in [0.2, 0.25) is 0 Å². The van der Waals surface area contributed by atoms with Gasteiger partial charge < -0.3 is 15.5 Å². The highest BCUT2D eigenvalue weighted by atomic mass is 16.2. The number of rotatable bonds is 7. The number of hydrogen-bond acceptors (Lipinski definition) is 3. The molecule has 2 aliphatic rings. The van der Waals surface area contributed by atoms with Gasteiger partial charge in [0.25, 0.3) is 0 Å². The Morgan fingerprint density at radius 1 is 1.26 bits per heavy atom. The largest absolute Gasteiger partial charge is 0.356 e. The Bertz CT molecular complexity index is 329. The third-order valence-electron chi connectivity index (χ3n) is 3.95. The van der Waals surface area contributed by atoms with Crippen molar-refractivity contribution in [3.05, 3.63) is 0 Å². The molecule has 1 aliphatic carbocycles. The summed E-state index contributed by atoms with van der Waals surface area (Å²) in [6.45, 7) is 2.40. The van der Waals surface area contributed by atoms with Gasteiger partial charge in [-0.05, 0) is 39.2 Å². The van der Waals surface area contributed by atoms with Crippen LogP contribution in [0.5, 0.6) is 0 Å². The van der Waals surface area contributed by atoms with Crippen molar-refractivity contribution in [2.75, 3.05) is 26.7 Å². The Kier molecular flexibility index (Phi) is 5.19. The number of amides is 2. The number of likely N-dealkylation sites (N-methyl/N-ethyl adjacent to an activating group) is 1. The van der Waals surface area contributed by atoms with Gasteiger partial charge in [-0.15, -0.1) is 0 Å². The first-order valence-electron chi connectivity index (χ1n) is 7.44. The Labute approximate surface area is 115 Å². The summed E-state index contributed by atoms with van der Waals surface area (Å²) in [6.07, 6.45) is 5.57. The molecular formula is C14H25N3O2. The van der Waals surface area contributed by atoms with E-state index in [0.717, 1.165) is 45.2 Å². The SMILES string of the molecule is CNCC1CCCN1C(=O)CCCNC(=O)C1CC1. The number of likely N-dealkylation sites (tertiary alicyclic amines) is 1. The van der Waals surface area contributed by atoms with Gasteiger partial charge in [-0.3, -0.25) is 9.59 Å². The smallest absolute Gasteiger partial charge is 0.223 e. The average molecular weight is 267 g/mol. The predicted octanol–water partition coefficient (Wildman–Crippen LogP) is 0.503. The minimum Gasteiger partial charge on any atom is -0.356 e. The fourth-order valence-corrected chi connectivity index (χ4v) is 2.70. The molecule has 2 amide bonds. The molecule has 0 bridgehead atoms. The predicted molar refractivity (Wildman–Crippen MR) is 73.6 cm³/mol. The zero-order valence-electron chi connectivity index (χ0n) is 11.8. The van der Waals surface area contributed by atoms with Crippen LogP contribution < -0.4 is 10.6 Å². The maximum Gasteiger partial charge on any atom is 0.223 e. The van der Waals surface area contributed by atoms with Crippen molar-refractivity contribution in [3.8, 4) is 0 Å². The van der Waals surface area contributed by atoms with Crippen molar-refractivity contribution < 1.29 is 9.59 Å². The Morgan fingerprint density at radius 3 is 2.74 bits per heavy atom. The second-order valence-corrected chi connectivity index (χ2v) is 5.61. The molecule has 2 N–H and O–H groups in total. The van der Waals surface area contributed by atoms with Gasteiger partial charge in [-0.25, -0.2) is 0 Å². The lowest BCUT2D eigenvalue weighted by Gasteiger charge is -2.24. The van der Waals surface area contributed by atoms with E-state index in [4.69, 9.17) is 0 Å². The van der Waals surface area contributed by atoms with Crippen molar-refractivity contribution >= 4 is 11.8 Å². The van der Waals surface area contributed by atoms with Crippen molar-refractivity contribution in [2.45, 2.75) is 44.6 Å². The van der Waals surface area contributed by atoms with E-state index < -0.39 is 0 Å². The Balaban J connectivity index is 1.61. The molecule has 0 aromatic rings. The summed E-state index contributed by atoms with van der Waals surface area (Å²) in [6, 6.07) is 0.360. The van der Waals surface area contributed by atoms with Gasteiger partial charge in [-0.1, -0.05) is 0 Å². The quantitative estimate of drug-likeness (QED) is 0.661. The minimum atomic E-state index is 0.168. The van der Waals surface area contributed by atoms with Crippen molar-refractivity contribution in [1.82, 2.24) is 15.5 Å². The van der Waals surface area contributed by atoms with Crippen LogP contribution in [-0.2, 0) is 9.59 Å². The van der Waals surface area contributed by atoms with Crippen LogP contribution in [0.25, 0.3) is 0 Å². The zero-order chi connectivity index (χ0) is 13.7. The third-order valence-corrected chi connectivity index (χ3v) is 3.95. The first-order chi connectivity index (χ1) is 9.22. The summed E-state index contributed by atoms with van der Waals surface area (Å²) < 4.78 is 0. The van der Waals surface area contributed by atoms with E-state index >= 15 is 0 Å². The normalized spacial score (nSPS) is 22.6. The molecule has 0 aromatic heterocycles. The van der Waals surface area contributed by atoms with Crippen molar-refractivity contribution in [1.29, 1.82) is 0 Å². The van der Waals surface area contributed by atoms with Crippen LogP contribution >= 0.6 is 0 Å². The standard InChI is InChI=1S/C14H25N3O2/c1-15-10-12-4-3-9-17(12)13(18)5-2-8-16-14(19)11-6-7-11/h11-12,15H,2-10H2,1H3,(H,16,19). The summed E-state index contributed by atoms with van der Waals surface area (Å²) in [4.78, 5) is 25.5. The van der Waals surface area contributed by atoms with Crippen LogP contribution in [0.4, 0.5) is 0 Å². The zero-order valence-corrected chi connectivity index (χ0v) is 11.8. The molecule has 5 heteroatoms. The molecule has 1 saturated heterocycles. The fourth-order valence-electron chi connectivity index (χ4n) is 2.70. The van der Waals surface area contributed by atoms with E-state index in [1.54, 1.807) is 0 Å². The third kappa shape index (κ3) is 4.20. The van der Waals surface area contributed by atoms with Crippen molar-refractivity contribution in [2.24, 2.45) is 5.92 Å². The van der Waals surface area contributed by atoms with Gasteiger partial charge in [0, 0.05) is 38.0 Å². The van der Waals surface area contributed by atoms with E-state index in [1.807, 2.05) is 11.9 Å². The fraction of sp³-hybridized carbons (Fsp3) is 0.857. The highest BCUT2D eigenvalue weighted by Gasteiger charge is 2.29. The number of carbonyl (C=O) groups is 2. The topological polar surface area (TPSA) is 61.4 Å². The lowest BCUT2D eigenvalue weighted by molar-refractivity contribution is -0.132. The molecule has 108 valence electrons. The monoisotopic (exact) mass is 267 g/mol. The van der Waals surface area contributed by atoms with Crippen LogP contribution in [0.1, 0.15) is 38.5 Å². The molecule has 1 aliphatic heterocycles. The maximum atomic E-state index is 12.1. The molecule has 1 unspecified atom stereocenters. The first kappa shape index (κ1) is 14.3. The second-order valence-electron chi connectivity index (χ2n) is 5.61. The molecule has 1 heterocycles. The Morgan fingerprint density at radius 2 is 2.05 bits per heavy atom. The molecular weight excluding hydrogens is 242 g/mol. The summed E-state index contributed by atoms with van der Waals surface area (Å²) in [7, 11) is 1.92. The van der Waals surface area contributed by atoms with E-state index in [9.17, 15) is 9.59 Å². The van der Waals surface area contributed by atoms with Gasteiger partial charge in [0.2, 0.25) is 11.8 Å². The molecule has 0 radical (unpaired) electrons. The molecule has 19 heavy (non-hydrogen) atoms. The van der Waals surface area contributed by atoms with Gasteiger partial charge in [0.05, 0.1) is 0 Å². The lowest BCUT2D eigenvalue weighted by atomic mass is 10.2.